The summed E-state index contributed by atoms with van der Waals surface area (Å²) in [6, 6.07) is 0. The Bertz CT molecular complexity index is 257. The summed E-state index contributed by atoms with van der Waals surface area (Å²) >= 11 is 1.41. The number of thiazole rings is 1. The summed E-state index contributed by atoms with van der Waals surface area (Å²) in [6.45, 7) is 4.22. The molecule has 3 nitrogen and oxygen atoms in total. The maximum absolute atomic E-state index is 10.2. The van der Waals surface area contributed by atoms with E-state index >= 15 is 0 Å². The van der Waals surface area contributed by atoms with Crippen molar-refractivity contribution >= 4 is 22.8 Å². The molecule has 0 aliphatic rings. The third-order valence-corrected chi connectivity index (χ3v) is 1.86. The molecule has 0 fully saturated rings. The number of aromatic nitrogens is 1. The Kier molecular flexibility index (Phi) is 2.80. The molecule has 0 aliphatic carbocycles. The quantitative estimate of drug-likeness (QED) is 0.548. The van der Waals surface area contributed by atoms with Crippen molar-refractivity contribution in [2.45, 2.75) is 0 Å². The average molecular weight is 168 g/mol. The molecule has 0 amide bonds. The first-order valence-corrected chi connectivity index (χ1v) is 4.00. The Morgan fingerprint density at radius 3 is 3.18 bits per heavy atom. The summed E-state index contributed by atoms with van der Waals surface area (Å²) in [7, 11) is 0. The fourth-order valence-corrected chi connectivity index (χ4v) is 1.25. The van der Waals surface area contributed by atoms with Crippen LogP contribution in [0.2, 0.25) is 0 Å². The molecule has 1 N–H and O–H groups in total. The number of rotatable bonds is 4. The standard InChI is InChI=1S/C7H8N2OS/c1-2-3-8-7-9-6(4-10)5-11-7/h2,4-5H,1,3H2,(H,8,9). The van der Waals surface area contributed by atoms with Crippen LogP contribution in [0.15, 0.2) is 18.0 Å². The molecule has 0 saturated carbocycles. The highest BCUT2D eigenvalue weighted by molar-refractivity contribution is 7.13. The van der Waals surface area contributed by atoms with Crippen molar-refractivity contribution < 1.29 is 4.79 Å². The molecular weight excluding hydrogens is 160 g/mol. The molecule has 0 radical (unpaired) electrons. The summed E-state index contributed by atoms with van der Waals surface area (Å²) in [5.41, 5.74) is 0.474. The van der Waals surface area contributed by atoms with Crippen molar-refractivity contribution in [2.24, 2.45) is 0 Å². The predicted molar refractivity (Wildman–Crippen MR) is 46.2 cm³/mol. The fraction of sp³-hybridized carbons (Fsp3) is 0.143. The first-order chi connectivity index (χ1) is 5.36. The fourth-order valence-electron chi connectivity index (χ4n) is 0.581. The normalized spacial score (nSPS) is 9.09. The SMILES string of the molecule is C=CCNc1nc(C=O)cs1. The van der Waals surface area contributed by atoms with E-state index in [0.29, 0.717) is 12.2 Å². The lowest BCUT2D eigenvalue weighted by Crippen LogP contribution is -1.96. The van der Waals surface area contributed by atoms with Crippen LogP contribution < -0.4 is 5.32 Å². The van der Waals surface area contributed by atoms with Gasteiger partial charge in [0.15, 0.2) is 11.4 Å². The largest absolute Gasteiger partial charge is 0.358 e. The lowest BCUT2D eigenvalue weighted by atomic mass is 10.6. The molecular formula is C7H8N2OS. The number of nitrogens with one attached hydrogen (secondary N) is 1. The number of carbonyl (C=O) groups excluding carboxylic acids is 1. The zero-order chi connectivity index (χ0) is 8.10. The van der Waals surface area contributed by atoms with E-state index in [1.54, 1.807) is 11.5 Å². The Labute approximate surface area is 68.8 Å². The summed E-state index contributed by atoms with van der Waals surface area (Å²) in [4.78, 5) is 14.1. The maximum Gasteiger partial charge on any atom is 0.183 e. The first-order valence-electron chi connectivity index (χ1n) is 3.12. The van der Waals surface area contributed by atoms with Crippen LogP contribution in [0, 0.1) is 0 Å². The van der Waals surface area contributed by atoms with Crippen molar-refractivity contribution in [1.82, 2.24) is 4.98 Å². The Morgan fingerprint density at radius 1 is 1.82 bits per heavy atom. The predicted octanol–water partition coefficient (Wildman–Crippen LogP) is 1.55. The van der Waals surface area contributed by atoms with Crippen LogP contribution in [0.3, 0.4) is 0 Å². The molecule has 1 rings (SSSR count). The van der Waals surface area contributed by atoms with Crippen LogP contribution in [-0.4, -0.2) is 17.8 Å². The number of nitrogens with zero attached hydrogens (tertiary/aromatic N) is 1. The van der Waals surface area contributed by atoms with Gasteiger partial charge >= 0.3 is 0 Å². The second-order valence-electron chi connectivity index (χ2n) is 1.86. The molecule has 4 heteroatoms. The average Bonchev–Trinajstić information content (AvgIpc) is 2.48. The third kappa shape index (κ3) is 2.16. The molecule has 0 bridgehead atoms. The van der Waals surface area contributed by atoms with Crippen molar-refractivity contribution in [3.05, 3.63) is 23.7 Å². The summed E-state index contributed by atoms with van der Waals surface area (Å²) in [5, 5.41) is 5.44. The van der Waals surface area contributed by atoms with Crippen LogP contribution in [-0.2, 0) is 0 Å². The molecule has 1 heterocycles. The van der Waals surface area contributed by atoms with E-state index in [0.717, 1.165) is 11.4 Å². The smallest absolute Gasteiger partial charge is 0.183 e. The van der Waals surface area contributed by atoms with Gasteiger partial charge in [-0.2, -0.15) is 0 Å². The number of anilines is 1. The van der Waals surface area contributed by atoms with Crippen LogP contribution in [0.5, 0.6) is 0 Å². The van der Waals surface area contributed by atoms with Crippen LogP contribution in [0.25, 0.3) is 0 Å². The number of carbonyl (C=O) groups is 1. The van der Waals surface area contributed by atoms with Gasteiger partial charge in [0, 0.05) is 11.9 Å². The molecule has 1 aromatic heterocycles. The second-order valence-corrected chi connectivity index (χ2v) is 2.72. The van der Waals surface area contributed by atoms with Crippen molar-refractivity contribution in [3.8, 4) is 0 Å². The van der Waals surface area contributed by atoms with Crippen molar-refractivity contribution in [1.29, 1.82) is 0 Å². The van der Waals surface area contributed by atoms with E-state index < -0.39 is 0 Å². The van der Waals surface area contributed by atoms with Crippen molar-refractivity contribution in [2.75, 3.05) is 11.9 Å². The van der Waals surface area contributed by atoms with E-state index in [9.17, 15) is 4.79 Å². The Hall–Kier alpha value is -1.16. The monoisotopic (exact) mass is 168 g/mol. The number of hydrogen-bond acceptors (Lipinski definition) is 4. The minimum Gasteiger partial charge on any atom is -0.358 e. The second kappa shape index (κ2) is 3.88. The molecule has 0 aromatic carbocycles. The van der Waals surface area contributed by atoms with Gasteiger partial charge in [-0.05, 0) is 0 Å². The van der Waals surface area contributed by atoms with Gasteiger partial charge in [-0.15, -0.1) is 17.9 Å². The summed E-state index contributed by atoms with van der Waals surface area (Å²) in [6.07, 6.45) is 2.47. The van der Waals surface area contributed by atoms with Gasteiger partial charge in [-0.1, -0.05) is 6.08 Å². The first kappa shape index (κ1) is 7.94. The molecule has 1 aromatic rings. The minimum absolute atomic E-state index is 0.474. The van der Waals surface area contributed by atoms with E-state index in [4.69, 9.17) is 0 Å². The van der Waals surface area contributed by atoms with E-state index in [1.165, 1.54) is 11.3 Å². The topological polar surface area (TPSA) is 42.0 Å². The van der Waals surface area contributed by atoms with E-state index in [2.05, 4.69) is 16.9 Å². The molecule has 0 unspecified atom stereocenters. The highest BCUT2D eigenvalue weighted by Crippen LogP contribution is 2.13. The Balaban J connectivity index is 2.57. The lowest BCUT2D eigenvalue weighted by molar-refractivity contribution is 0.112. The summed E-state index contributed by atoms with van der Waals surface area (Å²) in [5.74, 6) is 0. The minimum atomic E-state index is 0.474. The van der Waals surface area contributed by atoms with Gasteiger partial charge in [0.05, 0.1) is 0 Å². The molecule has 58 valence electrons. The highest BCUT2D eigenvalue weighted by Gasteiger charge is 1.97. The Morgan fingerprint density at radius 2 is 2.64 bits per heavy atom. The van der Waals surface area contributed by atoms with Gasteiger partial charge in [0.1, 0.15) is 5.69 Å². The summed E-state index contributed by atoms with van der Waals surface area (Å²) < 4.78 is 0. The highest BCUT2D eigenvalue weighted by atomic mass is 32.1. The van der Waals surface area contributed by atoms with Gasteiger partial charge in [-0.3, -0.25) is 4.79 Å². The van der Waals surface area contributed by atoms with Gasteiger partial charge < -0.3 is 5.32 Å². The van der Waals surface area contributed by atoms with Gasteiger partial charge in [0.25, 0.3) is 0 Å². The van der Waals surface area contributed by atoms with Crippen LogP contribution in [0.1, 0.15) is 10.5 Å². The van der Waals surface area contributed by atoms with E-state index in [1.807, 2.05) is 0 Å². The van der Waals surface area contributed by atoms with Gasteiger partial charge in [0.2, 0.25) is 0 Å². The van der Waals surface area contributed by atoms with Crippen LogP contribution in [0.4, 0.5) is 5.13 Å². The molecule has 11 heavy (non-hydrogen) atoms. The van der Waals surface area contributed by atoms with Crippen molar-refractivity contribution in [3.63, 3.8) is 0 Å². The third-order valence-electron chi connectivity index (χ3n) is 1.04. The lowest BCUT2D eigenvalue weighted by Gasteiger charge is -1.93. The van der Waals surface area contributed by atoms with Crippen LogP contribution >= 0.6 is 11.3 Å². The molecule has 0 atom stereocenters. The number of hydrogen-bond donors (Lipinski definition) is 1. The molecule has 0 saturated heterocycles. The molecule has 0 aliphatic heterocycles. The number of aldehydes is 1. The zero-order valence-corrected chi connectivity index (χ0v) is 6.73. The zero-order valence-electron chi connectivity index (χ0n) is 5.91. The van der Waals surface area contributed by atoms with Gasteiger partial charge in [-0.25, -0.2) is 4.98 Å². The maximum atomic E-state index is 10.2. The molecule has 0 spiro atoms. The van der Waals surface area contributed by atoms with E-state index in [-0.39, 0.29) is 0 Å².